The van der Waals surface area contributed by atoms with Gasteiger partial charge >= 0.3 is 18.1 Å². The predicted molar refractivity (Wildman–Crippen MR) is 112 cm³/mol. The van der Waals surface area contributed by atoms with Crippen molar-refractivity contribution in [3.05, 3.63) is 42.0 Å². The van der Waals surface area contributed by atoms with Crippen molar-refractivity contribution in [2.24, 2.45) is 0 Å². The summed E-state index contributed by atoms with van der Waals surface area (Å²) in [4.78, 5) is 21.7. The van der Waals surface area contributed by atoms with E-state index in [1.165, 1.54) is 44.6 Å². The fourth-order valence-corrected chi connectivity index (χ4v) is 3.59. The highest BCUT2D eigenvalue weighted by Crippen LogP contribution is 2.33. The topological polar surface area (TPSA) is 142 Å². The third-order valence-corrected chi connectivity index (χ3v) is 5.26. The molecule has 0 bridgehead atoms. The quantitative estimate of drug-likeness (QED) is 0.529. The number of hydrogen-bond acceptors (Lipinski definition) is 7. The van der Waals surface area contributed by atoms with Gasteiger partial charge in [0.15, 0.2) is 0 Å². The third kappa shape index (κ3) is 7.45. The molecule has 2 aromatic rings. The van der Waals surface area contributed by atoms with Crippen molar-refractivity contribution in [1.82, 2.24) is 0 Å². The Balaban J connectivity index is 0.000000675. The average molecular weight is 494 g/mol. The molecule has 0 aliphatic rings. The molecule has 3 N–H and O–H groups in total. The van der Waals surface area contributed by atoms with Crippen LogP contribution in [0.25, 0.3) is 0 Å². The molecule has 0 aromatic heterocycles. The SMILES string of the molecule is COc1ccc(OC)c(S(=O)(=O)Nc2cc(C(=O)O)ccc2N(C)C)c1.O=C(O)C(F)(F)F. The highest BCUT2D eigenvalue weighted by molar-refractivity contribution is 7.92. The van der Waals surface area contributed by atoms with E-state index in [0.717, 1.165) is 0 Å². The van der Waals surface area contributed by atoms with Gasteiger partial charge in [0.05, 0.1) is 31.2 Å². The lowest BCUT2D eigenvalue weighted by Crippen LogP contribution is -2.21. The van der Waals surface area contributed by atoms with E-state index < -0.39 is 28.1 Å². The van der Waals surface area contributed by atoms with E-state index in [1.54, 1.807) is 25.1 Å². The summed E-state index contributed by atoms with van der Waals surface area (Å²) in [6.45, 7) is 0. The molecule has 10 nitrogen and oxygen atoms in total. The molecule has 2 aromatic carbocycles. The molecule has 0 heterocycles. The van der Waals surface area contributed by atoms with Crippen LogP contribution in [0, 0.1) is 0 Å². The number of carbonyl (C=O) groups is 2. The first-order valence-corrected chi connectivity index (χ1v) is 10.2. The molecular formula is C19H21F3N2O8S. The van der Waals surface area contributed by atoms with E-state index >= 15 is 0 Å². The van der Waals surface area contributed by atoms with Crippen LogP contribution in [0.1, 0.15) is 10.4 Å². The normalized spacial score (nSPS) is 11.0. The van der Waals surface area contributed by atoms with Gasteiger partial charge in [-0.2, -0.15) is 13.2 Å². The van der Waals surface area contributed by atoms with Crippen molar-refractivity contribution in [2.45, 2.75) is 11.1 Å². The first-order valence-electron chi connectivity index (χ1n) is 8.73. The highest BCUT2D eigenvalue weighted by Gasteiger charge is 2.38. The van der Waals surface area contributed by atoms with E-state index in [1.807, 2.05) is 0 Å². The van der Waals surface area contributed by atoms with Crippen molar-refractivity contribution < 1.29 is 50.9 Å². The zero-order chi connectivity index (χ0) is 25.6. The first kappa shape index (κ1) is 27.4. The second kappa shape index (κ2) is 10.8. The van der Waals surface area contributed by atoms with E-state index in [2.05, 4.69) is 4.72 Å². The Morgan fingerprint density at radius 1 is 1.00 bits per heavy atom. The van der Waals surface area contributed by atoms with Gasteiger partial charge in [-0.25, -0.2) is 18.0 Å². The van der Waals surface area contributed by atoms with Crippen LogP contribution in [0.4, 0.5) is 24.5 Å². The van der Waals surface area contributed by atoms with Crippen molar-refractivity contribution in [3.8, 4) is 11.5 Å². The predicted octanol–water partition coefficient (Wildman–Crippen LogP) is 2.90. The summed E-state index contributed by atoms with van der Waals surface area (Å²) in [5, 5.41) is 16.3. The number of methoxy groups -OCH3 is 2. The largest absolute Gasteiger partial charge is 0.497 e. The Morgan fingerprint density at radius 3 is 2.00 bits per heavy atom. The Morgan fingerprint density at radius 2 is 1.58 bits per heavy atom. The van der Waals surface area contributed by atoms with Crippen LogP contribution < -0.4 is 19.1 Å². The number of nitrogens with one attached hydrogen (secondary N) is 1. The maximum Gasteiger partial charge on any atom is 0.490 e. The standard InChI is InChI=1S/C17H20N2O6S.C2HF3O2/c1-19(2)14-7-5-11(17(20)21)9-13(14)18-26(22,23)16-10-12(24-3)6-8-15(16)25-4;3-2(4,5)1(6)7/h5-10,18H,1-4H3,(H,20,21);(H,6,7). The van der Waals surface area contributed by atoms with Crippen molar-refractivity contribution >= 4 is 33.3 Å². The van der Waals surface area contributed by atoms with Crippen LogP contribution >= 0.6 is 0 Å². The zero-order valence-corrected chi connectivity index (χ0v) is 18.6. The van der Waals surface area contributed by atoms with Crippen LogP contribution in [0.15, 0.2) is 41.3 Å². The van der Waals surface area contributed by atoms with Gasteiger partial charge in [-0.3, -0.25) is 4.72 Å². The van der Waals surface area contributed by atoms with Gasteiger partial charge in [0.1, 0.15) is 16.4 Å². The number of carboxylic acid groups (broad SMARTS) is 2. The summed E-state index contributed by atoms with van der Waals surface area (Å²) in [5.41, 5.74) is 0.617. The van der Waals surface area contributed by atoms with Crippen molar-refractivity contribution in [3.63, 3.8) is 0 Å². The molecule has 0 unspecified atom stereocenters. The molecule has 0 saturated carbocycles. The van der Waals surface area contributed by atoms with Gasteiger partial charge < -0.3 is 24.6 Å². The van der Waals surface area contributed by atoms with E-state index in [4.69, 9.17) is 19.4 Å². The molecule has 0 aliphatic carbocycles. The maximum atomic E-state index is 12.9. The fraction of sp³-hybridized carbons (Fsp3) is 0.263. The number of aliphatic carboxylic acids is 1. The molecule has 14 heteroatoms. The minimum Gasteiger partial charge on any atom is -0.497 e. The molecule has 0 amide bonds. The minimum atomic E-state index is -5.08. The number of halogens is 3. The minimum absolute atomic E-state index is 0.0362. The average Bonchev–Trinajstić information content (AvgIpc) is 2.72. The maximum absolute atomic E-state index is 12.9. The Labute approximate surface area is 187 Å². The van der Waals surface area contributed by atoms with Crippen molar-refractivity contribution in [1.29, 1.82) is 0 Å². The summed E-state index contributed by atoms with van der Waals surface area (Å²) in [5.74, 6) is -3.43. The Bertz CT molecular complexity index is 1120. The number of ether oxygens (including phenoxy) is 2. The molecule has 0 atom stereocenters. The number of anilines is 2. The van der Waals surface area contributed by atoms with Crippen LogP contribution in [-0.2, 0) is 14.8 Å². The molecule has 0 fully saturated rings. The second-order valence-corrected chi connectivity index (χ2v) is 8.01. The highest BCUT2D eigenvalue weighted by atomic mass is 32.2. The summed E-state index contributed by atoms with van der Waals surface area (Å²) in [6.07, 6.45) is -5.08. The fourth-order valence-electron chi connectivity index (χ4n) is 2.33. The summed E-state index contributed by atoms with van der Waals surface area (Å²) >= 11 is 0. The molecule has 33 heavy (non-hydrogen) atoms. The number of alkyl halides is 3. The smallest absolute Gasteiger partial charge is 0.490 e. The lowest BCUT2D eigenvalue weighted by molar-refractivity contribution is -0.192. The monoisotopic (exact) mass is 494 g/mol. The number of benzene rings is 2. The van der Waals surface area contributed by atoms with E-state index in [0.29, 0.717) is 11.4 Å². The lowest BCUT2D eigenvalue weighted by atomic mass is 10.1. The van der Waals surface area contributed by atoms with E-state index in [9.17, 15) is 31.5 Å². The first-order chi connectivity index (χ1) is 15.1. The molecule has 0 saturated heterocycles. The molecule has 182 valence electrons. The van der Waals surface area contributed by atoms with Crippen molar-refractivity contribution in [2.75, 3.05) is 37.9 Å². The Kier molecular flexibility index (Phi) is 8.92. The molecular weight excluding hydrogens is 473 g/mol. The molecule has 0 aliphatic heterocycles. The van der Waals surface area contributed by atoms with Gasteiger partial charge in [-0.15, -0.1) is 0 Å². The number of aromatic carboxylic acids is 1. The molecule has 0 spiro atoms. The number of sulfonamides is 1. The zero-order valence-electron chi connectivity index (χ0n) is 17.8. The Hall–Kier alpha value is -3.68. The summed E-state index contributed by atoms with van der Waals surface area (Å²) in [6, 6.07) is 8.59. The van der Waals surface area contributed by atoms with Gasteiger partial charge in [0.25, 0.3) is 10.0 Å². The number of nitrogens with zero attached hydrogens (tertiary/aromatic N) is 1. The van der Waals surface area contributed by atoms with Crippen LogP contribution in [-0.4, -0.2) is 65.1 Å². The third-order valence-electron chi connectivity index (χ3n) is 3.87. The van der Waals surface area contributed by atoms with Crippen LogP contribution in [0.5, 0.6) is 11.5 Å². The summed E-state index contributed by atoms with van der Waals surface area (Å²) < 4.78 is 70.2. The number of hydrogen-bond donors (Lipinski definition) is 3. The van der Waals surface area contributed by atoms with Crippen LogP contribution in [0.2, 0.25) is 0 Å². The second-order valence-electron chi connectivity index (χ2n) is 6.36. The van der Waals surface area contributed by atoms with Gasteiger partial charge in [-0.1, -0.05) is 0 Å². The molecule has 0 radical (unpaired) electrons. The van der Waals surface area contributed by atoms with Gasteiger partial charge in [-0.05, 0) is 30.3 Å². The summed E-state index contributed by atoms with van der Waals surface area (Å²) in [7, 11) is 2.16. The van der Waals surface area contributed by atoms with Crippen LogP contribution in [0.3, 0.4) is 0 Å². The van der Waals surface area contributed by atoms with Gasteiger partial charge in [0.2, 0.25) is 0 Å². The number of rotatable bonds is 7. The lowest BCUT2D eigenvalue weighted by Gasteiger charge is -2.20. The number of carboxylic acids is 2. The van der Waals surface area contributed by atoms with E-state index in [-0.39, 0.29) is 21.9 Å². The molecule has 2 rings (SSSR count). The van der Waals surface area contributed by atoms with Gasteiger partial charge in [0, 0.05) is 20.2 Å².